The summed E-state index contributed by atoms with van der Waals surface area (Å²) in [5.74, 6) is -1.02. The van der Waals surface area contributed by atoms with E-state index in [-0.39, 0.29) is 6.10 Å². The second kappa shape index (κ2) is 4.62. The number of aliphatic carboxylic acids is 1. The number of rotatable bonds is 4. The summed E-state index contributed by atoms with van der Waals surface area (Å²) >= 11 is 0. The molecule has 0 aliphatic rings. The highest BCUT2D eigenvalue weighted by molar-refractivity contribution is 5.79. The lowest BCUT2D eigenvalue weighted by Crippen LogP contribution is -2.10. The van der Waals surface area contributed by atoms with Crippen LogP contribution < -0.4 is 0 Å². The van der Waals surface area contributed by atoms with Crippen LogP contribution in [0.4, 0.5) is 0 Å². The summed E-state index contributed by atoms with van der Waals surface area (Å²) in [5.41, 5.74) is 0.961. The quantitative estimate of drug-likeness (QED) is 0.767. The van der Waals surface area contributed by atoms with Gasteiger partial charge >= 0.3 is 5.97 Å². The van der Waals surface area contributed by atoms with Gasteiger partial charge in [-0.05, 0) is 12.5 Å². The molecule has 0 bridgehead atoms. The van der Waals surface area contributed by atoms with Crippen LogP contribution in [0.15, 0.2) is 30.3 Å². The van der Waals surface area contributed by atoms with Gasteiger partial charge in [-0.2, -0.15) is 0 Å². The Morgan fingerprint density at radius 1 is 1.38 bits per heavy atom. The van der Waals surface area contributed by atoms with Crippen LogP contribution in [0.1, 0.15) is 12.5 Å². The van der Waals surface area contributed by atoms with E-state index in [1.54, 1.807) is 0 Å². The van der Waals surface area contributed by atoms with E-state index in [2.05, 4.69) is 0 Å². The molecule has 69 valence electrons. The second-order valence-corrected chi connectivity index (χ2v) is 2.64. The van der Waals surface area contributed by atoms with Gasteiger partial charge in [-0.15, -0.1) is 0 Å². The van der Waals surface area contributed by atoms with Crippen molar-refractivity contribution in [1.82, 2.24) is 0 Å². The Kier molecular flexibility index (Phi) is 3.46. The first-order valence-electron chi connectivity index (χ1n) is 3.93. The topological polar surface area (TPSA) is 46.5 Å². The molecule has 1 aromatic carbocycles. The molecule has 0 heterocycles. The van der Waals surface area contributed by atoms with Crippen molar-refractivity contribution in [2.45, 2.75) is 13.5 Å². The summed E-state index contributed by atoms with van der Waals surface area (Å²) in [6, 6.07) is 9.44. The molecule has 1 N–H and O–H groups in total. The molecule has 0 amide bonds. The molecule has 0 aliphatic heterocycles. The Morgan fingerprint density at radius 2 is 2.00 bits per heavy atom. The summed E-state index contributed by atoms with van der Waals surface area (Å²) < 4.78 is 5.01. The van der Waals surface area contributed by atoms with Crippen LogP contribution in [0.25, 0.3) is 0 Å². The molecule has 1 rings (SSSR count). The number of carboxylic acid groups (broad SMARTS) is 1. The van der Waals surface area contributed by atoms with Crippen LogP contribution >= 0.6 is 0 Å². The van der Waals surface area contributed by atoms with Crippen molar-refractivity contribution in [3.05, 3.63) is 42.0 Å². The fourth-order valence-corrected chi connectivity index (χ4v) is 0.828. The molecule has 3 nitrogen and oxygen atoms in total. The van der Waals surface area contributed by atoms with E-state index in [1.807, 2.05) is 30.3 Å². The lowest BCUT2D eigenvalue weighted by molar-refractivity contribution is -0.141. The number of hydrogen-bond acceptors (Lipinski definition) is 2. The Labute approximate surface area is 77.0 Å². The van der Waals surface area contributed by atoms with Gasteiger partial charge in [0.05, 0.1) is 6.61 Å². The molecule has 0 fully saturated rings. The lowest BCUT2D eigenvalue weighted by Gasteiger charge is -2.06. The maximum Gasteiger partial charge on any atom is 0.339 e. The first-order valence-corrected chi connectivity index (χ1v) is 3.93. The van der Waals surface area contributed by atoms with Gasteiger partial charge < -0.3 is 9.84 Å². The Bertz CT molecular complexity index is 269. The molecule has 3 heteroatoms. The monoisotopic (exact) mass is 179 g/mol. The van der Waals surface area contributed by atoms with Gasteiger partial charge in [0, 0.05) is 0 Å². The van der Waals surface area contributed by atoms with Crippen molar-refractivity contribution in [3.8, 4) is 0 Å². The molecular formula is C10H11O3. The first kappa shape index (κ1) is 9.74. The standard InChI is InChI=1S/C10H11O3/c1-8(10(11)12)13-7-9-5-3-2-4-6-9/h2-6H,7H2,1H3,(H,11,12). The third kappa shape index (κ3) is 3.25. The van der Waals surface area contributed by atoms with Crippen molar-refractivity contribution in [2.24, 2.45) is 0 Å². The highest BCUT2D eigenvalue weighted by Crippen LogP contribution is 2.07. The summed E-state index contributed by atoms with van der Waals surface area (Å²) in [6.45, 7) is 1.74. The van der Waals surface area contributed by atoms with E-state index in [9.17, 15) is 4.79 Å². The Morgan fingerprint density at radius 3 is 2.54 bits per heavy atom. The van der Waals surface area contributed by atoms with E-state index in [4.69, 9.17) is 9.84 Å². The Balaban J connectivity index is 2.39. The van der Waals surface area contributed by atoms with Gasteiger partial charge in [-0.3, -0.25) is 0 Å². The lowest BCUT2D eigenvalue weighted by atomic mass is 10.2. The minimum Gasteiger partial charge on any atom is -0.479 e. The van der Waals surface area contributed by atoms with Gasteiger partial charge in [0.1, 0.15) is 0 Å². The fraction of sp³-hybridized carbons (Fsp3) is 0.200. The number of hydrogen-bond donors (Lipinski definition) is 1. The van der Waals surface area contributed by atoms with Crippen molar-refractivity contribution in [2.75, 3.05) is 0 Å². The number of carboxylic acids is 1. The molecular weight excluding hydrogens is 168 g/mol. The summed E-state index contributed by atoms with van der Waals surface area (Å²) in [6.07, 6.45) is 0.0175. The molecule has 13 heavy (non-hydrogen) atoms. The molecule has 0 spiro atoms. The van der Waals surface area contributed by atoms with Gasteiger partial charge in [0.15, 0.2) is 0 Å². The number of ether oxygens (including phenoxy) is 1. The largest absolute Gasteiger partial charge is 0.479 e. The van der Waals surface area contributed by atoms with Crippen LogP contribution in [0.5, 0.6) is 0 Å². The average Bonchev–Trinajstić information content (AvgIpc) is 2.15. The van der Waals surface area contributed by atoms with Crippen molar-refractivity contribution in [1.29, 1.82) is 0 Å². The zero-order chi connectivity index (χ0) is 9.68. The molecule has 0 aliphatic carbocycles. The fourth-order valence-electron chi connectivity index (χ4n) is 0.828. The predicted octanol–water partition coefficient (Wildman–Crippen LogP) is 1.84. The average molecular weight is 179 g/mol. The SMILES string of the molecule is C[C](OCc1ccccc1)C(=O)O. The van der Waals surface area contributed by atoms with E-state index in [0.29, 0.717) is 6.61 Å². The van der Waals surface area contributed by atoms with Crippen molar-refractivity contribution >= 4 is 5.97 Å². The zero-order valence-electron chi connectivity index (χ0n) is 7.36. The van der Waals surface area contributed by atoms with E-state index in [1.165, 1.54) is 6.92 Å². The van der Waals surface area contributed by atoms with Crippen LogP contribution in [-0.2, 0) is 16.1 Å². The van der Waals surface area contributed by atoms with E-state index < -0.39 is 5.97 Å². The van der Waals surface area contributed by atoms with E-state index in [0.717, 1.165) is 5.56 Å². The van der Waals surface area contributed by atoms with Crippen LogP contribution in [0.2, 0.25) is 0 Å². The number of carbonyl (C=O) groups is 1. The Hall–Kier alpha value is -1.35. The van der Waals surface area contributed by atoms with Gasteiger partial charge in [0.2, 0.25) is 6.10 Å². The highest BCUT2D eigenvalue weighted by atomic mass is 16.5. The minimum absolute atomic E-state index is 0.0175. The summed E-state index contributed by atoms with van der Waals surface area (Å²) in [7, 11) is 0. The second-order valence-electron chi connectivity index (χ2n) is 2.64. The maximum atomic E-state index is 10.4. The molecule has 1 aromatic rings. The smallest absolute Gasteiger partial charge is 0.339 e. The van der Waals surface area contributed by atoms with Crippen LogP contribution in [0.3, 0.4) is 0 Å². The van der Waals surface area contributed by atoms with Gasteiger partial charge in [0.25, 0.3) is 0 Å². The third-order valence-corrected chi connectivity index (χ3v) is 1.60. The van der Waals surface area contributed by atoms with Crippen molar-refractivity contribution in [3.63, 3.8) is 0 Å². The maximum absolute atomic E-state index is 10.4. The van der Waals surface area contributed by atoms with Crippen LogP contribution in [0, 0.1) is 6.10 Å². The normalized spacial score (nSPS) is 10.3. The molecule has 0 atom stereocenters. The molecule has 0 saturated heterocycles. The molecule has 0 aromatic heterocycles. The van der Waals surface area contributed by atoms with Crippen LogP contribution in [-0.4, -0.2) is 11.1 Å². The van der Waals surface area contributed by atoms with Gasteiger partial charge in [-0.1, -0.05) is 30.3 Å². The van der Waals surface area contributed by atoms with E-state index >= 15 is 0 Å². The minimum atomic E-state index is -1.02. The predicted molar refractivity (Wildman–Crippen MR) is 47.8 cm³/mol. The number of benzene rings is 1. The summed E-state index contributed by atoms with van der Waals surface area (Å²) in [5, 5.41) is 8.50. The van der Waals surface area contributed by atoms with Crippen molar-refractivity contribution < 1.29 is 14.6 Å². The zero-order valence-corrected chi connectivity index (χ0v) is 7.36. The highest BCUT2D eigenvalue weighted by Gasteiger charge is 2.12. The molecule has 0 unspecified atom stereocenters. The van der Waals surface area contributed by atoms with Gasteiger partial charge in [-0.25, -0.2) is 4.79 Å². The first-order chi connectivity index (χ1) is 6.20. The molecule has 0 saturated carbocycles. The molecule has 1 radical (unpaired) electrons. The summed E-state index contributed by atoms with van der Waals surface area (Å²) in [4.78, 5) is 10.4. The third-order valence-electron chi connectivity index (χ3n) is 1.60.